The van der Waals surface area contributed by atoms with Crippen molar-refractivity contribution in [2.45, 2.75) is 32.1 Å². The Labute approximate surface area is 128 Å². The van der Waals surface area contributed by atoms with E-state index in [9.17, 15) is 4.39 Å². The van der Waals surface area contributed by atoms with Crippen molar-refractivity contribution in [1.82, 2.24) is 9.97 Å². The van der Waals surface area contributed by atoms with Crippen molar-refractivity contribution in [3.05, 3.63) is 40.3 Å². The molecule has 1 heterocycles. The van der Waals surface area contributed by atoms with Crippen LogP contribution in [0.25, 0.3) is 11.4 Å². The van der Waals surface area contributed by atoms with Crippen molar-refractivity contribution in [3.63, 3.8) is 0 Å². The summed E-state index contributed by atoms with van der Waals surface area (Å²) in [6, 6.07) is 4.40. The van der Waals surface area contributed by atoms with Gasteiger partial charge < -0.3 is 5.32 Å². The molecule has 0 radical (unpaired) electrons. The Morgan fingerprint density at radius 2 is 1.90 bits per heavy atom. The van der Waals surface area contributed by atoms with Crippen LogP contribution in [0.3, 0.4) is 0 Å². The van der Waals surface area contributed by atoms with Crippen molar-refractivity contribution in [3.8, 4) is 11.4 Å². The third-order valence-corrected chi connectivity index (χ3v) is 4.01. The number of hydrogen-bond acceptors (Lipinski definition) is 3. The second-order valence-corrected chi connectivity index (χ2v) is 5.73. The molecule has 0 atom stereocenters. The number of aromatic nitrogens is 2. The lowest BCUT2D eigenvalue weighted by molar-refractivity contribution is 0.628. The molecule has 5 heteroatoms. The van der Waals surface area contributed by atoms with E-state index in [2.05, 4.69) is 15.3 Å². The summed E-state index contributed by atoms with van der Waals surface area (Å²) in [6.07, 6.45) is 5.45. The lowest BCUT2D eigenvalue weighted by Gasteiger charge is -2.13. The highest BCUT2D eigenvalue weighted by atomic mass is 35.5. The number of nitrogens with zero attached hydrogens (tertiary/aromatic N) is 2. The predicted molar refractivity (Wildman–Crippen MR) is 83.2 cm³/mol. The summed E-state index contributed by atoms with van der Waals surface area (Å²) in [5.74, 6) is 1.00. The first-order valence-corrected chi connectivity index (χ1v) is 7.59. The SMILES string of the molecule is CNc1nc(-c2cc(F)cc(Cl)c2)nc2c1CCCCC2. The summed E-state index contributed by atoms with van der Waals surface area (Å²) in [5, 5.41) is 3.50. The van der Waals surface area contributed by atoms with Gasteiger partial charge in [-0.3, -0.25) is 0 Å². The van der Waals surface area contributed by atoms with Crippen LogP contribution in [0.1, 0.15) is 30.5 Å². The maximum Gasteiger partial charge on any atom is 0.161 e. The number of fused-ring (bicyclic) bond motifs is 1. The molecule has 21 heavy (non-hydrogen) atoms. The Balaban J connectivity index is 2.13. The van der Waals surface area contributed by atoms with E-state index in [-0.39, 0.29) is 5.82 Å². The number of anilines is 1. The molecule has 1 aliphatic carbocycles. The topological polar surface area (TPSA) is 37.8 Å². The zero-order valence-electron chi connectivity index (χ0n) is 11.9. The van der Waals surface area contributed by atoms with Gasteiger partial charge in [0.2, 0.25) is 0 Å². The van der Waals surface area contributed by atoms with Crippen molar-refractivity contribution in [1.29, 1.82) is 0 Å². The van der Waals surface area contributed by atoms with Gasteiger partial charge in [-0.25, -0.2) is 14.4 Å². The summed E-state index contributed by atoms with van der Waals surface area (Å²) in [6.45, 7) is 0. The average molecular weight is 306 g/mol. The molecule has 0 aliphatic heterocycles. The van der Waals surface area contributed by atoms with E-state index in [1.54, 1.807) is 6.07 Å². The third-order valence-electron chi connectivity index (χ3n) is 3.79. The second-order valence-electron chi connectivity index (χ2n) is 5.29. The first-order chi connectivity index (χ1) is 10.2. The molecule has 1 N–H and O–H groups in total. The van der Waals surface area contributed by atoms with Gasteiger partial charge in [0.15, 0.2) is 5.82 Å². The van der Waals surface area contributed by atoms with Gasteiger partial charge in [-0.1, -0.05) is 18.0 Å². The molecule has 1 aromatic carbocycles. The number of aryl methyl sites for hydroxylation is 1. The third kappa shape index (κ3) is 3.00. The summed E-state index contributed by atoms with van der Waals surface area (Å²) in [7, 11) is 1.86. The summed E-state index contributed by atoms with van der Waals surface area (Å²) < 4.78 is 13.5. The largest absolute Gasteiger partial charge is 0.373 e. The Hall–Kier alpha value is -1.68. The smallest absolute Gasteiger partial charge is 0.161 e. The molecule has 3 rings (SSSR count). The van der Waals surface area contributed by atoms with Crippen LogP contribution in [0, 0.1) is 5.82 Å². The van der Waals surface area contributed by atoms with Crippen LogP contribution in [0.4, 0.5) is 10.2 Å². The minimum Gasteiger partial charge on any atom is -0.373 e. The highest BCUT2D eigenvalue weighted by Crippen LogP contribution is 2.29. The Kier molecular flexibility index (Phi) is 4.06. The molecule has 0 bridgehead atoms. The van der Waals surface area contributed by atoms with E-state index in [1.165, 1.54) is 24.1 Å². The maximum absolute atomic E-state index is 13.5. The monoisotopic (exact) mass is 305 g/mol. The van der Waals surface area contributed by atoms with Crippen LogP contribution < -0.4 is 5.32 Å². The van der Waals surface area contributed by atoms with Crippen LogP contribution in [0.5, 0.6) is 0 Å². The van der Waals surface area contributed by atoms with Crippen molar-refractivity contribution < 1.29 is 4.39 Å². The average Bonchev–Trinajstić information content (AvgIpc) is 2.70. The number of rotatable bonds is 2. The number of nitrogens with one attached hydrogen (secondary N) is 1. The summed E-state index contributed by atoms with van der Waals surface area (Å²) in [4.78, 5) is 9.21. The van der Waals surface area contributed by atoms with Crippen LogP contribution in [0.15, 0.2) is 18.2 Å². The summed E-state index contributed by atoms with van der Waals surface area (Å²) in [5.41, 5.74) is 2.88. The highest BCUT2D eigenvalue weighted by Gasteiger charge is 2.17. The quantitative estimate of drug-likeness (QED) is 0.843. The number of halogens is 2. The van der Waals surface area contributed by atoms with Crippen LogP contribution in [-0.2, 0) is 12.8 Å². The fraction of sp³-hybridized carbons (Fsp3) is 0.375. The van der Waals surface area contributed by atoms with Crippen LogP contribution in [-0.4, -0.2) is 17.0 Å². The minimum absolute atomic E-state index is 0.356. The standard InChI is InChI=1S/C16H17ClFN3/c1-19-16-13-5-3-2-4-6-14(13)20-15(21-16)10-7-11(17)9-12(18)8-10/h7-9H,2-6H2,1H3,(H,19,20,21). The van der Waals surface area contributed by atoms with E-state index in [4.69, 9.17) is 11.6 Å². The zero-order chi connectivity index (χ0) is 14.8. The van der Waals surface area contributed by atoms with Gasteiger partial charge in [-0.2, -0.15) is 0 Å². The fourth-order valence-corrected chi connectivity index (χ4v) is 3.01. The van der Waals surface area contributed by atoms with Crippen molar-refractivity contribution in [2.75, 3.05) is 12.4 Å². The zero-order valence-corrected chi connectivity index (χ0v) is 12.7. The molecule has 110 valence electrons. The lowest BCUT2D eigenvalue weighted by Crippen LogP contribution is -2.07. The first kappa shape index (κ1) is 14.3. The fourth-order valence-electron chi connectivity index (χ4n) is 2.79. The van der Waals surface area contributed by atoms with Gasteiger partial charge >= 0.3 is 0 Å². The van der Waals surface area contributed by atoms with E-state index in [0.29, 0.717) is 16.4 Å². The van der Waals surface area contributed by atoms with Crippen LogP contribution >= 0.6 is 11.6 Å². The Morgan fingerprint density at radius 3 is 2.67 bits per heavy atom. The Bertz CT molecular complexity index is 653. The van der Waals surface area contributed by atoms with Crippen LogP contribution in [0.2, 0.25) is 5.02 Å². The first-order valence-electron chi connectivity index (χ1n) is 7.21. The Morgan fingerprint density at radius 1 is 1.10 bits per heavy atom. The highest BCUT2D eigenvalue weighted by molar-refractivity contribution is 6.30. The van der Waals surface area contributed by atoms with Gasteiger partial charge in [0.1, 0.15) is 11.6 Å². The second kappa shape index (κ2) is 5.98. The molecule has 1 aromatic heterocycles. The van der Waals surface area contributed by atoms with E-state index in [1.807, 2.05) is 7.05 Å². The van der Waals surface area contributed by atoms with Gasteiger partial charge in [-0.05, 0) is 43.9 Å². The van der Waals surface area contributed by atoms with Crippen molar-refractivity contribution in [2.24, 2.45) is 0 Å². The van der Waals surface area contributed by atoms with Gasteiger partial charge in [0.05, 0.1) is 0 Å². The van der Waals surface area contributed by atoms with Crippen molar-refractivity contribution >= 4 is 17.4 Å². The molecular formula is C16H17ClFN3. The van der Waals surface area contributed by atoms with E-state index < -0.39 is 0 Å². The molecule has 3 nitrogen and oxygen atoms in total. The molecule has 0 saturated carbocycles. The molecular weight excluding hydrogens is 289 g/mol. The molecule has 0 unspecified atom stereocenters. The van der Waals surface area contributed by atoms with E-state index >= 15 is 0 Å². The molecule has 0 spiro atoms. The predicted octanol–water partition coefficient (Wildman–Crippen LogP) is 4.25. The lowest BCUT2D eigenvalue weighted by atomic mass is 10.1. The minimum atomic E-state index is -0.373. The van der Waals surface area contributed by atoms with Gasteiger partial charge in [0, 0.05) is 28.9 Å². The molecule has 0 amide bonds. The molecule has 2 aromatic rings. The molecule has 0 fully saturated rings. The maximum atomic E-state index is 13.5. The van der Waals surface area contributed by atoms with E-state index in [0.717, 1.165) is 37.2 Å². The normalized spacial score (nSPS) is 14.4. The van der Waals surface area contributed by atoms with Gasteiger partial charge in [-0.15, -0.1) is 0 Å². The molecule has 0 saturated heterocycles. The summed E-state index contributed by atoms with van der Waals surface area (Å²) >= 11 is 5.93. The van der Waals surface area contributed by atoms with Gasteiger partial charge in [0.25, 0.3) is 0 Å². The molecule has 1 aliphatic rings. The number of benzene rings is 1. The number of hydrogen-bond donors (Lipinski definition) is 1.